The van der Waals surface area contributed by atoms with Crippen LogP contribution in [-0.4, -0.2) is 18.2 Å². The van der Waals surface area contributed by atoms with Crippen molar-refractivity contribution in [2.45, 2.75) is 6.10 Å². The predicted octanol–water partition coefficient (Wildman–Crippen LogP) is 2.25. The SMILES string of the molecule is COC(=O)C(O)c1cc2c(F)cccc2s1. The van der Waals surface area contributed by atoms with Crippen LogP contribution in [0.4, 0.5) is 4.39 Å². The number of carbonyl (C=O) groups is 1. The zero-order valence-corrected chi connectivity index (χ0v) is 9.25. The van der Waals surface area contributed by atoms with Crippen LogP contribution in [-0.2, 0) is 9.53 Å². The van der Waals surface area contributed by atoms with E-state index in [9.17, 15) is 14.3 Å². The molecule has 0 saturated carbocycles. The molecule has 1 atom stereocenters. The van der Waals surface area contributed by atoms with Gasteiger partial charge in [0.05, 0.1) is 7.11 Å². The van der Waals surface area contributed by atoms with Crippen LogP contribution in [0.25, 0.3) is 10.1 Å². The fraction of sp³-hybridized carbons (Fsp3) is 0.182. The zero-order chi connectivity index (χ0) is 11.7. The second kappa shape index (κ2) is 4.19. The Morgan fingerprint density at radius 1 is 1.56 bits per heavy atom. The molecule has 2 rings (SSSR count). The Labute approximate surface area is 95.1 Å². The van der Waals surface area contributed by atoms with E-state index in [4.69, 9.17) is 0 Å². The first-order valence-electron chi connectivity index (χ1n) is 4.57. The number of halogens is 1. The number of hydrogen-bond donors (Lipinski definition) is 1. The van der Waals surface area contributed by atoms with Gasteiger partial charge in [-0.3, -0.25) is 0 Å². The van der Waals surface area contributed by atoms with Crippen LogP contribution >= 0.6 is 11.3 Å². The van der Waals surface area contributed by atoms with E-state index in [0.29, 0.717) is 15.0 Å². The summed E-state index contributed by atoms with van der Waals surface area (Å²) in [4.78, 5) is 11.5. The third kappa shape index (κ3) is 1.79. The average molecular weight is 240 g/mol. The van der Waals surface area contributed by atoms with Crippen molar-refractivity contribution < 1.29 is 19.0 Å². The topological polar surface area (TPSA) is 46.5 Å². The Kier molecular flexibility index (Phi) is 2.89. The molecule has 1 N–H and O–H groups in total. The summed E-state index contributed by atoms with van der Waals surface area (Å²) in [7, 11) is 1.19. The van der Waals surface area contributed by atoms with E-state index in [1.54, 1.807) is 12.1 Å². The van der Waals surface area contributed by atoms with E-state index in [-0.39, 0.29) is 5.82 Å². The molecule has 0 amide bonds. The van der Waals surface area contributed by atoms with Crippen LogP contribution in [0.5, 0.6) is 0 Å². The van der Waals surface area contributed by atoms with Gasteiger partial charge in [-0.2, -0.15) is 0 Å². The van der Waals surface area contributed by atoms with Gasteiger partial charge in [-0.1, -0.05) is 6.07 Å². The second-order valence-electron chi connectivity index (χ2n) is 3.23. The van der Waals surface area contributed by atoms with Gasteiger partial charge in [0, 0.05) is 15.0 Å². The highest BCUT2D eigenvalue weighted by Gasteiger charge is 2.20. The molecule has 5 heteroatoms. The minimum Gasteiger partial charge on any atom is -0.467 e. The van der Waals surface area contributed by atoms with Crippen molar-refractivity contribution in [3.8, 4) is 0 Å². The molecule has 1 aromatic carbocycles. The largest absolute Gasteiger partial charge is 0.467 e. The molecule has 16 heavy (non-hydrogen) atoms. The lowest BCUT2D eigenvalue weighted by molar-refractivity contribution is -0.150. The van der Waals surface area contributed by atoms with E-state index >= 15 is 0 Å². The van der Waals surface area contributed by atoms with Crippen molar-refractivity contribution in [1.82, 2.24) is 0 Å². The van der Waals surface area contributed by atoms with Crippen molar-refractivity contribution in [2.75, 3.05) is 7.11 Å². The Morgan fingerprint density at radius 2 is 2.31 bits per heavy atom. The zero-order valence-electron chi connectivity index (χ0n) is 8.44. The summed E-state index contributed by atoms with van der Waals surface area (Å²) in [5, 5.41) is 10.0. The Morgan fingerprint density at radius 3 is 2.94 bits per heavy atom. The number of esters is 1. The van der Waals surface area contributed by atoms with E-state index < -0.39 is 12.1 Å². The molecule has 3 nitrogen and oxygen atoms in total. The normalized spacial score (nSPS) is 12.7. The van der Waals surface area contributed by atoms with Crippen LogP contribution in [0.1, 0.15) is 11.0 Å². The average Bonchev–Trinajstić information content (AvgIpc) is 2.72. The molecule has 0 saturated heterocycles. The van der Waals surface area contributed by atoms with Gasteiger partial charge in [-0.15, -0.1) is 11.3 Å². The highest BCUT2D eigenvalue weighted by Crippen LogP contribution is 2.31. The van der Waals surface area contributed by atoms with Crippen molar-refractivity contribution in [3.63, 3.8) is 0 Å². The monoisotopic (exact) mass is 240 g/mol. The molecule has 1 heterocycles. The summed E-state index contributed by atoms with van der Waals surface area (Å²) < 4.78 is 18.5. The Bertz CT molecular complexity index is 535. The molecule has 1 unspecified atom stereocenters. The van der Waals surface area contributed by atoms with Gasteiger partial charge in [-0.25, -0.2) is 9.18 Å². The summed E-state index contributed by atoms with van der Waals surface area (Å²) in [6.07, 6.45) is -1.35. The van der Waals surface area contributed by atoms with E-state index in [0.717, 1.165) is 0 Å². The molecule has 2 aromatic rings. The van der Waals surface area contributed by atoms with Gasteiger partial charge >= 0.3 is 5.97 Å². The summed E-state index contributed by atoms with van der Waals surface area (Å²) in [5.41, 5.74) is 0. The molecule has 0 radical (unpaired) electrons. The van der Waals surface area contributed by atoms with Crippen LogP contribution < -0.4 is 0 Å². The van der Waals surface area contributed by atoms with Crippen LogP contribution in [0.15, 0.2) is 24.3 Å². The van der Waals surface area contributed by atoms with Crippen LogP contribution in [0.3, 0.4) is 0 Å². The number of aliphatic hydroxyl groups is 1. The van der Waals surface area contributed by atoms with Gasteiger partial charge in [0.2, 0.25) is 0 Å². The molecule has 0 fully saturated rings. The lowest BCUT2D eigenvalue weighted by Crippen LogP contribution is -2.11. The standard InChI is InChI=1S/C11H9FO3S/c1-15-11(14)10(13)9-5-6-7(12)3-2-4-8(6)16-9/h2-5,10,13H,1H3. The number of fused-ring (bicyclic) bond motifs is 1. The van der Waals surface area contributed by atoms with Gasteiger partial charge < -0.3 is 9.84 Å². The van der Waals surface area contributed by atoms with E-state index in [1.807, 2.05) is 0 Å². The summed E-state index contributed by atoms with van der Waals surface area (Å²) >= 11 is 1.17. The summed E-state index contributed by atoms with van der Waals surface area (Å²) in [6.45, 7) is 0. The van der Waals surface area contributed by atoms with Gasteiger partial charge in [0.25, 0.3) is 0 Å². The number of rotatable bonds is 2. The predicted molar refractivity (Wildman–Crippen MR) is 58.8 cm³/mol. The summed E-state index contributed by atoms with van der Waals surface area (Å²) in [6, 6.07) is 6.12. The third-order valence-electron chi connectivity index (χ3n) is 2.22. The van der Waals surface area contributed by atoms with Crippen LogP contribution in [0.2, 0.25) is 0 Å². The minimum absolute atomic E-state index is 0.364. The number of methoxy groups -OCH3 is 1. The third-order valence-corrected chi connectivity index (χ3v) is 3.37. The molecular weight excluding hydrogens is 231 g/mol. The number of benzene rings is 1. The minimum atomic E-state index is -1.35. The number of hydrogen-bond acceptors (Lipinski definition) is 4. The molecule has 0 spiro atoms. The smallest absolute Gasteiger partial charge is 0.340 e. The Hall–Kier alpha value is -1.46. The van der Waals surface area contributed by atoms with E-state index in [1.165, 1.54) is 30.6 Å². The van der Waals surface area contributed by atoms with Crippen molar-refractivity contribution in [2.24, 2.45) is 0 Å². The molecule has 0 aliphatic carbocycles. The molecule has 0 aliphatic heterocycles. The van der Waals surface area contributed by atoms with Gasteiger partial charge in [-0.05, 0) is 18.2 Å². The molecule has 0 aliphatic rings. The molecule has 1 aromatic heterocycles. The maximum atomic E-state index is 13.4. The second-order valence-corrected chi connectivity index (χ2v) is 4.34. The highest BCUT2D eigenvalue weighted by molar-refractivity contribution is 7.19. The molecular formula is C11H9FO3S. The van der Waals surface area contributed by atoms with Gasteiger partial charge in [0.15, 0.2) is 6.10 Å². The quantitative estimate of drug-likeness (QED) is 0.819. The maximum Gasteiger partial charge on any atom is 0.340 e. The lowest BCUT2D eigenvalue weighted by Gasteiger charge is -2.04. The molecule has 84 valence electrons. The van der Waals surface area contributed by atoms with Crippen molar-refractivity contribution >= 4 is 27.4 Å². The number of thiophene rings is 1. The maximum absolute atomic E-state index is 13.4. The first-order valence-corrected chi connectivity index (χ1v) is 5.39. The van der Waals surface area contributed by atoms with Gasteiger partial charge in [0.1, 0.15) is 5.82 Å². The number of carbonyl (C=O) groups excluding carboxylic acids is 1. The number of ether oxygens (including phenoxy) is 1. The van der Waals surface area contributed by atoms with E-state index in [2.05, 4.69) is 4.74 Å². The van der Waals surface area contributed by atoms with Crippen molar-refractivity contribution in [3.05, 3.63) is 35.0 Å². The summed E-state index contributed by atoms with van der Waals surface area (Å²) in [5.74, 6) is -1.11. The first-order chi connectivity index (χ1) is 7.63. The number of aliphatic hydroxyl groups excluding tert-OH is 1. The highest BCUT2D eigenvalue weighted by atomic mass is 32.1. The molecule has 0 bridgehead atoms. The van der Waals surface area contributed by atoms with Crippen molar-refractivity contribution in [1.29, 1.82) is 0 Å². The lowest BCUT2D eigenvalue weighted by atomic mass is 10.2. The fourth-order valence-corrected chi connectivity index (χ4v) is 2.46. The van der Waals surface area contributed by atoms with Crippen LogP contribution in [0, 0.1) is 5.82 Å². The first kappa shape index (κ1) is 11.0. The fourth-order valence-electron chi connectivity index (χ4n) is 1.41. The Balaban J connectivity index is 2.47.